The number of carbonyl (C=O) groups is 1. The fourth-order valence-corrected chi connectivity index (χ4v) is 3.71. The van der Waals surface area contributed by atoms with Gasteiger partial charge in [0.15, 0.2) is 4.96 Å². The van der Waals surface area contributed by atoms with Crippen molar-refractivity contribution >= 4 is 28.0 Å². The number of nitrogens with one attached hydrogen (secondary N) is 2. The molecule has 1 amide bonds. The third-order valence-electron chi connectivity index (χ3n) is 3.83. The van der Waals surface area contributed by atoms with Crippen LogP contribution in [0.25, 0.3) is 16.2 Å². The van der Waals surface area contributed by atoms with Crippen LogP contribution in [-0.4, -0.2) is 42.6 Å². The van der Waals surface area contributed by atoms with Gasteiger partial charge in [-0.1, -0.05) is 23.5 Å². The molecule has 2 N–H and O–H groups in total. The number of thiazole rings is 1. The number of methoxy groups -OCH3 is 1. The van der Waals surface area contributed by atoms with E-state index in [-0.39, 0.29) is 11.7 Å². The summed E-state index contributed by atoms with van der Waals surface area (Å²) in [4.78, 5) is 18.0. The zero-order valence-corrected chi connectivity index (χ0v) is 15.0. The highest BCUT2D eigenvalue weighted by molar-refractivity contribution is 7.19. The SMILES string of the molecule is CNC(=O)c1sc2nc(-c3cccc(F)c3)c(NCCOC)n2c1C. The van der Waals surface area contributed by atoms with Gasteiger partial charge in [-0.15, -0.1) is 0 Å². The first-order valence-electron chi connectivity index (χ1n) is 7.79. The molecule has 0 bridgehead atoms. The summed E-state index contributed by atoms with van der Waals surface area (Å²) in [6.07, 6.45) is 0. The molecule has 0 aliphatic rings. The maximum absolute atomic E-state index is 13.6. The normalized spacial score (nSPS) is 11.0. The summed E-state index contributed by atoms with van der Waals surface area (Å²) in [7, 11) is 3.22. The Morgan fingerprint density at radius 1 is 1.44 bits per heavy atom. The molecule has 0 fully saturated rings. The molecule has 2 aromatic heterocycles. The number of aryl methyl sites for hydroxylation is 1. The lowest BCUT2D eigenvalue weighted by molar-refractivity contribution is 0.0966. The van der Waals surface area contributed by atoms with E-state index >= 15 is 0 Å². The smallest absolute Gasteiger partial charge is 0.263 e. The van der Waals surface area contributed by atoms with E-state index in [0.717, 1.165) is 11.5 Å². The van der Waals surface area contributed by atoms with Gasteiger partial charge in [0.1, 0.15) is 22.2 Å². The number of fused-ring (bicyclic) bond motifs is 1. The van der Waals surface area contributed by atoms with Gasteiger partial charge >= 0.3 is 0 Å². The zero-order valence-electron chi connectivity index (χ0n) is 14.2. The van der Waals surface area contributed by atoms with Gasteiger partial charge in [0, 0.05) is 32.0 Å². The molecule has 132 valence electrons. The molecular weight excluding hydrogens is 343 g/mol. The highest BCUT2D eigenvalue weighted by Crippen LogP contribution is 2.34. The molecule has 8 heteroatoms. The van der Waals surface area contributed by atoms with Crippen molar-refractivity contribution in [3.05, 3.63) is 40.7 Å². The van der Waals surface area contributed by atoms with Gasteiger partial charge in [0.05, 0.1) is 6.61 Å². The molecule has 0 atom stereocenters. The molecule has 0 spiro atoms. The van der Waals surface area contributed by atoms with Gasteiger partial charge in [0.25, 0.3) is 5.91 Å². The van der Waals surface area contributed by atoms with Crippen LogP contribution >= 0.6 is 11.3 Å². The van der Waals surface area contributed by atoms with Crippen molar-refractivity contribution in [1.29, 1.82) is 0 Å². The Bertz CT molecular complexity index is 919. The van der Waals surface area contributed by atoms with Crippen molar-refractivity contribution in [3.8, 4) is 11.3 Å². The lowest BCUT2D eigenvalue weighted by atomic mass is 10.1. The van der Waals surface area contributed by atoms with Crippen LogP contribution in [0.15, 0.2) is 24.3 Å². The average Bonchev–Trinajstić information content (AvgIpc) is 3.12. The Hall–Kier alpha value is -2.45. The summed E-state index contributed by atoms with van der Waals surface area (Å²) >= 11 is 1.30. The third-order valence-corrected chi connectivity index (χ3v) is 4.98. The second kappa shape index (κ2) is 7.20. The third kappa shape index (κ3) is 3.22. The predicted octanol–water partition coefficient (Wildman–Crippen LogP) is 2.93. The molecule has 2 heterocycles. The Balaban J connectivity index is 2.16. The largest absolute Gasteiger partial charge is 0.383 e. The van der Waals surface area contributed by atoms with E-state index < -0.39 is 0 Å². The van der Waals surface area contributed by atoms with Crippen molar-refractivity contribution in [2.24, 2.45) is 0 Å². The second-order valence-electron chi connectivity index (χ2n) is 5.45. The maximum atomic E-state index is 13.6. The van der Waals surface area contributed by atoms with Crippen molar-refractivity contribution in [2.75, 3.05) is 32.6 Å². The maximum Gasteiger partial charge on any atom is 0.263 e. The number of hydrogen-bond acceptors (Lipinski definition) is 5. The van der Waals surface area contributed by atoms with Gasteiger partial charge in [-0.2, -0.15) is 0 Å². The number of hydrogen-bond donors (Lipinski definition) is 2. The van der Waals surface area contributed by atoms with E-state index in [1.54, 1.807) is 20.2 Å². The number of benzene rings is 1. The monoisotopic (exact) mass is 362 g/mol. The van der Waals surface area contributed by atoms with Crippen LogP contribution in [0.5, 0.6) is 0 Å². The molecule has 0 aliphatic heterocycles. The van der Waals surface area contributed by atoms with Crippen molar-refractivity contribution < 1.29 is 13.9 Å². The van der Waals surface area contributed by atoms with Crippen LogP contribution in [-0.2, 0) is 4.74 Å². The highest BCUT2D eigenvalue weighted by Gasteiger charge is 2.22. The first kappa shape index (κ1) is 17.4. The molecule has 25 heavy (non-hydrogen) atoms. The standard InChI is InChI=1S/C17H19FN4O2S/c1-10-14(16(23)19-2)25-17-21-13(11-5-4-6-12(18)9-11)15(22(10)17)20-7-8-24-3/h4-6,9,20H,7-8H2,1-3H3,(H,19,23). The minimum Gasteiger partial charge on any atom is -0.383 e. The number of carbonyl (C=O) groups excluding carboxylic acids is 1. The Morgan fingerprint density at radius 2 is 2.24 bits per heavy atom. The van der Waals surface area contributed by atoms with E-state index in [4.69, 9.17) is 4.74 Å². The summed E-state index contributed by atoms with van der Waals surface area (Å²) in [6.45, 7) is 2.95. The topological polar surface area (TPSA) is 67.7 Å². The number of halogens is 1. The Kier molecular flexibility index (Phi) is 5.00. The number of anilines is 1. The Labute approximate surface area is 148 Å². The number of nitrogens with zero attached hydrogens (tertiary/aromatic N) is 2. The summed E-state index contributed by atoms with van der Waals surface area (Å²) in [5.74, 6) is 0.254. The number of rotatable bonds is 6. The van der Waals surface area contributed by atoms with E-state index in [0.29, 0.717) is 34.2 Å². The fourth-order valence-electron chi connectivity index (χ4n) is 2.64. The van der Waals surface area contributed by atoms with Crippen molar-refractivity contribution in [1.82, 2.24) is 14.7 Å². The van der Waals surface area contributed by atoms with Crippen LogP contribution in [0.4, 0.5) is 10.2 Å². The second-order valence-corrected chi connectivity index (χ2v) is 6.43. The van der Waals surface area contributed by atoms with Gasteiger partial charge in [-0.3, -0.25) is 9.20 Å². The highest BCUT2D eigenvalue weighted by atomic mass is 32.1. The lowest BCUT2D eigenvalue weighted by Crippen LogP contribution is -2.18. The summed E-state index contributed by atoms with van der Waals surface area (Å²) in [6, 6.07) is 6.31. The first-order valence-corrected chi connectivity index (χ1v) is 8.61. The van der Waals surface area contributed by atoms with Crippen LogP contribution in [0.3, 0.4) is 0 Å². The number of imidazole rings is 1. The van der Waals surface area contributed by atoms with E-state index in [2.05, 4.69) is 15.6 Å². The Morgan fingerprint density at radius 3 is 2.92 bits per heavy atom. The van der Waals surface area contributed by atoms with Gasteiger partial charge in [-0.05, 0) is 19.1 Å². The number of ether oxygens (including phenoxy) is 1. The predicted molar refractivity (Wildman–Crippen MR) is 97.0 cm³/mol. The van der Waals surface area contributed by atoms with E-state index in [1.807, 2.05) is 17.4 Å². The van der Waals surface area contributed by atoms with Gasteiger partial charge in [-0.25, -0.2) is 9.37 Å². The molecule has 6 nitrogen and oxygen atoms in total. The zero-order chi connectivity index (χ0) is 18.0. The molecule has 0 saturated carbocycles. The van der Waals surface area contributed by atoms with E-state index in [9.17, 15) is 9.18 Å². The molecule has 0 aliphatic carbocycles. The molecular formula is C17H19FN4O2S. The average molecular weight is 362 g/mol. The molecule has 3 aromatic rings. The number of aromatic nitrogens is 2. The number of amides is 1. The summed E-state index contributed by atoms with van der Waals surface area (Å²) in [5.41, 5.74) is 2.11. The van der Waals surface area contributed by atoms with E-state index in [1.165, 1.54) is 23.5 Å². The van der Waals surface area contributed by atoms with Crippen molar-refractivity contribution in [3.63, 3.8) is 0 Å². The molecule has 1 aromatic carbocycles. The molecule has 3 rings (SSSR count). The molecule has 0 saturated heterocycles. The first-order chi connectivity index (χ1) is 12.1. The summed E-state index contributed by atoms with van der Waals surface area (Å²) < 4.78 is 20.6. The molecule has 0 radical (unpaired) electrons. The van der Waals surface area contributed by atoms with Gasteiger partial charge in [0.2, 0.25) is 0 Å². The quantitative estimate of drug-likeness (QED) is 0.662. The van der Waals surface area contributed by atoms with Gasteiger partial charge < -0.3 is 15.4 Å². The van der Waals surface area contributed by atoms with Crippen LogP contribution in [0.2, 0.25) is 0 Å². The van der Waals surface area contributed by atoms with Crippen LogP contribution in [0, 0.1) is 12.7 Å². The summed E-state index contributed by atoms with van der Waals surface area (Å²) in [5, 5.41) is 5.93. The lowest BCUT2D eigenvalue weighted by Gasteiger charge is -2.09. The van der Waals surface area contributed by atoms with Crippen LogP contribution < -0.4 is 10.6 Å². The minimum atomic E-state index is -0.320. The molecule has 0 unspecified atom stereocenters. The fraction of sp³-hybridized carbons (Fsp3) is 0.294. The van der Waals surface area contributed by atoms with Crippen LogP contribution in [0.1, 0.15) is 15.4 Å². The minimum absolute atomic E-state index is 0.150. The van der Waals surface area contributed by atoms with Crippen molar-refractivity contribution in [2.45, 2.75) is 6.92 Å².